The highest BCUT2D eigenvalue weighted by molar-refractivity contribution is 5.84. The molecule has 0 spiro atoms. The molecule has 2 rings (SSSR count). The van der Waals surface area contributed by atoms with Crippen molar-refractivity contribution in [1.29, 1.82) is 0 Å². The molecule has 16 heavy (non-hydrogen) atoms. The molecule has 0 amide bonds. The summed E-state index contributed by atoms with van der Waals surface area (Å²) in [5, 5.41) is 6.52. The lowest BCUT2D eigenvalue weighted by Crippen LogP contribution is -2.24. The average Bonchev–Trinajstić information content (AvgIpc) is 2.38. The SMILES string of the molecule is O=Cc1cccc(/C=N/N2CCCCC2)c1. The van der Waals surface area contributed by atoms with Crippen molar-refractivity contribution in [2.45, 2.75) is 19.3 Å². The summed E-state index contributed by atoms with van der Waals surface area (Å²) in [6.07, 6.45) is 6.46. The molecule has 1 heterocycles. The van der Waals surface area contributed by atoms with Gasteiger partial charge in [-0.2, -0.15) is 5.10 Å². The number of nitrogens with zero attached hydrogens (tertiary/aromatic N) is 2. The zero-order chi connectivity index (χ0) is 11.2. The molecule has 1 aromatic carbocycles. The van der Waals surface area contributed by atoms with Gasteiger partial charge in [-0.15, -0.1) is 0 Å². The molecule has 0 aliphatic carbocycles. The van der Waals surface area contributed by atoms with Crippen molar-refractivity contribution >= 4 is 12.5 Å². The van der Waals surface area contributed by atoms with Gasteiger partial charge < -0.3 is 0 Å². The standard InChI is InChI=1S/C13H16N2O/c16-11-13-6-4-5-12(9-13)10-14-15-7-2-1-3-8-15/h4-6,9-11H,1-3,7-8H2/b14-10+. The largest absolute Gasteiger partial charge is 0.298 e. The van der Waals surface area contributed by atoms with Crippen molar-refractivity contribution in [2.24, 2.45) is 5.10 Å². The number of aldehydes is 1. The number of carbonyl (C=O) groups is 1. The van der Waals surface area contributed by atoms with Gasteiger partial charge in [0.1, 0.15) is 6.29 Å². The van der Waals surface area contributed by atoms with Crippen LogP contribution in [-0.2, 0) is 0 Å². The first-order valence-corrected chi connectivity index (χ1v) is 5.73. The van der Waals surface area contributed by atoms with E-state index < -0.39 is 0 Å². The Morgan fingerprint density at radius 2 is 1.88 bits per heavy atom. The lowest BCUT2D eigenvalue weighted by atomic mass is 10.1. The Labute approximate surface area is 95.8 Å². The molecular formula is C13H16N2O. The van der Waals surface area contributed by atoms with Crippen LogP contribution >= 0.6 is 0 Å². The predicted molar refractivity (Wildman–Crippen MR) is 64.8 cm³/mol. The minimum Gasteiger partial charge on any atom is -0.298 e. The summed E-state index contributed by atoms with van der Waals surface area (Å²) in [5.74, 6) is 0. The number of hydrogen-bond acceptors (Lipinski definition) is 3. The van der Waals surface area contributed by atoms with E-state index in [0.717, 1.165) is 24.9 Å². The Hall–Kier alpha value is -1.64. The van der Waals surface area contributed by atoms with Crippen molar-refractivity contribution < 1.29 is 4.79 Å². The number of carbonyl (C=O) groups excluding carboxylic acids is 1. The lowest BCUT2D eigenvalue weighted by Gasteiger charge is -2.23. The third-order valence-corrected chi connectivity index (χ3v) is 2.75. The maximum atomic E-state index is 10.6. The highest BCUT2D eigenvalue weighted by atomic mass is 16.1. The van der Waals surface area contributed by atoms with E-state index in [-0.39, 0.29) is 0 Å². The molecule has 1 aliphatic rings. The monoisotopic (exact) mass is 216 g/mol. The topological polar surface area (TPSA) is 32.7 Å². The molecule has 0 bridgehead atoms. The Morgan fingerprint density at radius 3 is 2.62 bits per heavy atom. The maximum Gasteiger partial charge on any atom is 0.150 e. The molecular weight excluding hydrogens is 200 g/mol. The molecule has 3 nitrogen and oxygen atoms in total. The Balaban J connectivity index is 2.01. The first-order valence-electron chi connectivity index (χ1n) is 5.73. The number of hydrogen-bond donors (Lipinski definition) is 0. The Bertz CT molecular complexity index is 381. The van der Waals surface area contributed by atoms with Gasteiger partial charge in [-0.25, -0.2) is 0 Å². The van der Waals surface area contributed by atoms with E-state index in [1.54, 1.807) is 6.07 Å². The number of benzene rings is 1. The van der Waals surface area contributed by atoms with Crippen LogP contribution < -0.4 is 0 Å². The van der Waals surface area contributed by atoms with Crippen LogP contribution in [0.15, 0.2) is 29.4 Å². The van der Waals surface area contributed by atoms with Gasteiger partial charge in [-0.3, -0.25) is 9.80 Å². The van der Waals surface area contributed by atoms with Gasteiger partial charge in [0, 0.05) is 18.7 Å². The molecule has 0 radical (unpaired) electrons. The van der Waals surface area contributed by atoms with Crippen LogP contribution in [-0.4, -0.2) is 30.6 Å². The van der Waals surface area contributed by atoms with Crippen molar-refractivity contribution in [3.8, 4) is 0 Å². The Kier molecular flexibility index (Phi) is 3.70. The molecule has 0 unspecified atom stereocenters. The van der Waals surface area contributed by atoms with Crippen LogP contribution in [0.5, 0.6) is 0 Å². The minimum atomic E-state index is 0.697. The third-order valence-electron chi connectivity index (χ3n) is 2.75. The summed E-state index contributed by atoms with van der Waals surface area (Å²) >= 11 is 0. The second-order valence-electron chi connectivity index (χ2n) is 4.05. The third kappa shape index (κ3) is 2.92. The number of piperidine rings is 1. The normalized spacial score (nSPS) is 16.6. The van der Waals surface area contributed by atoms with Gasteiger partial charge >= 0.3 is 0 Å². The molecule has 84 valence electrons. The number of rotatable bonds is 3. The van der Waals surface area contributed by atoms with Crippen LogP contribution in [0, 0.1) is 0 Å². The van der Waals surface area contributed by atoms with E-state index in [0.29, 0.717) is 5.56 Å². The van der Waals surface area contributed by atoms with Crippen LogP contribution in [0.4, 0.5) is 0 Å². The van der Waals surface area contributed by atoms with E-state index >= 15 is 0 Å². The molecule has 3 heteroatoms. The van der Waals surface area contributed by atoms with Crippen molar-refractivity contribution in [2.75, 3.05) is 13.1 Å². The highest BCUT2D eigenvalue weighted by Crippen LogP contribution is 2.09. The van der Waals surface area contributed by atoms with E-state index in [1.165, 1.54) is 19.3 Å². The van der Waals surface area contributed by atoms with Gasteiger partial charge in [-0.05, 0) is 30.9 Å². The van der Waals surface area contributed by atoms with Gasteiger partial charge in [-0.1, -0.05) is 18.2 Å². The van der Waals surface area contributed by atoms with Crippen LogP contribution in [0.2, 0.25) is 0 Å². The first-order chi connectivity index (χ1) is 7.88. The fraction of sp³-hybridized carbons (Fsp3) is 0.385. The zero-order valence-electron chi connectivity index (χ0n) is 9.30. The van der Waals surface area contributed by atoms with Crippen LogP contribution in [0.3, 0.4) is 0 Å². The highest BCUT2D eigenvalue weighted by Gasteiger charge is 2.05. The van der Waals surface area contributed by atoms with Crippen LogP contribution in [0.25, 0.3) is 0 Å². The first kappa shape index (κ1) is 10.9. The number of hydrazone groups is 1. The molecule has 1 aliphatic heterocycles. The molecule has 0 atom stereocenters. The van der Waals surface area contributed by atoms with Crippen LogP contribution in [0.1, 0.15) is 35.2 Å². The molecule has 1 aromatic rings. The lowest BCUT2D eigenvalue weighted by molar-refractivity contribution is 0.112. The average molecular weight is 216 g/mol. The quantitative estimate of drug-likeness (QED) is 0.573. The van der Waals surface area contributed by atoms with E-state index in [9.17, 15) is 4.79 Å². The summed E-state index contributed by atoms with van der Waals surface area (Å²) < 4.78 is 0. The van der Waals surface area contributed by atoms with Gasteiger partial charge in [0.25, 0.3) is 0 Å². The summed E-state index contributed by atoms with van der Waals surface area (Å²) in [4.78, 5) is 10.6. The van der Waals surface area contributed by atoms with Crippen molar-refractivity contribution in [1.82, 2.24) is 5.01 Å². The zero-order valence-corrected chi connectivity index (χ0v) is 9.30. The summed E-state index contributed by atoms with van der Waals surface area (Å²) in [6.45, 7) is 2.09. The second-order valence-corrected chi connectivity index (χ2v) is 4.05. The molecule has 1 saturated heterocycles. The second kappa shape index (κ2) is 5.45. The smallest absolute Gasteiger partial charge is 0.150 e. The van der Waals surface area contributed by atoms with Crippen molar-refractivity contribution in [3.05, 3.63) is 35.4 Å². The fourth-order valence-electron chi connectivity index (χ4n) is 1.85. The summed E-state index contributed by atoms with van der Waals surface area (Å²) in [7, 11) is 0. The maximum absolute atomic E-state index is 10.6. The van der Waals surface area contributed by atoms with Crippen molar-refractivity contribution in [3.63, 3.8) is 0 Å². The van der Waals surface area contributed by atoms with Gasteiger partial charge in [0.15, 0.2) is 0 Å². The van der Waals surface area contributed by atoms with E-state index in [1.807, 2.05) is 24.4 Å². The molecule has 0 N–H and O–H groups in total. The van der Waals surface area contributed by atoms with E-state index in [2.05, 4.69) is 10.1 Å². The Morgan fingerprint density at radius 1 is 1.12 bits per heavy atom. The van der Waals surface area contributed by atoms with Gasteiger partial charge in [0.2, 0.25) is 0 Å². The molecule has 0 aromatic heterocycles. The fourth-order valence-corrected chi connectivity index (χ4v) is 1.85. The molecule has 0 saturated carbocycles. The van der Waals surface area contributed by atoms with E-state index in [4.69, 9.17) is 0 Å². The molecule has 1 fully saturated rings. The summed E-state index contributed by atoms with van der Waals surface area (Å²) in [5.41, 5.74) is 1.68. The predicted octanol–water partition coefficient (Wildman–Crippen LogP) is 2.32. The minimum absolute atomic E-state index is 0.697. The van der Waals surface area contributed by atoms with Gasteiger partial charge in [0.05, 0.1) is 6.21 Å². The summed E-state index contributed by atoms with van der Waals surface area (Å²) in [6, 6.07) is 7.48.